The van der Waals surface area contributed by atoms with Gasteiger partial charge in [-0.05, 0) is 276 Å². The van der Waals surface area contributed by atoms with Crippen molar-refractivity contribution in [1.82, 2.24) is 34.9 Å². The first-order chi connectivity index (χ1) is 44.5. The highest BCUT2D eigenvalue weighted by Gasteiger charge is 2.14. The van der Waals surface area contributed by atoms with Gasteiger partial charge >= 0.3 is 0 Å². The number of aromatic nitrogens is 7. The molecule has 0 saturated carbocycles. The number of rotatable bonds is 17. The lowest BCUT2D eigenvalue weighted by molar-refractivity contribution is 0.413. The van der Waals surface area contributed by atoms with E-state index >= 15 is 0 Å². The first kappa shape index (κ1) is 86.1. The van der Waals surface area contributed by atoms with Crippen LogP contribution in [0.3, 0.4) is 0 Å². The van der Waals surface area contributed by atoms with Gasteiger partial charge in [0.15, 0.2) is 0 Å². The van der Waals surface area contributed by atoms with E-state index in [1.807, 2.05) is 73.7 Å². The lowest BCUT2D eigenvalue weighted by Crippen LogP contribution is -2.04. The van der Waals surface area contributed by atoms with Crippen LogP contribution in [0.1, 0.15) is 258 Å². The first-order valence-electron chi connectivity index (χ1n) is 35.6. The number of aryl methyl sites for hydroxylation is 9. The predicted octanol–water partition coefficient (Wildman–Crippen LogP) is 23.9. The number of methoxy groups -OCH3 is 1. The second-order valence-corrected chi connectivity index (χ2v) is 29.9. The summed E-state index contributed by atoms with van der Waals surface area (Å²) in [5, 5.41) is 0. The van der Waals surface area contributed by atoms with Gasteiger partial charge in [-0.1, -0.05) is 151 Å². The fourth-order valence-corrected chi connectivity index (χ4v) is 9.91. The van der Waals surface area contributed by atoms with Crippen LogP contribution in [-0.2, 0) is 25.7 Å². The molecule has 8 aromatic rings. The van der Waals surface area contributed by atoms with Gasteiger partial charge in [-0.25, -0.2) is 0 Å². The minimum atomic E-state index is 0.560. The quantitative estimate of drug-likeness (QED) is 0.0889. The molecule has 2 unspecified atom stereocenters. The van der Waals surface area contributed by atoms with E-state index in [-0.39, 0.29) is 0 Å². The number of benzene rings is 1. The van der Waals surface area contributed by atoms with Gasteiger partial charge in [0.2, 0.25) is 0 Å². The summed E-state index contributed by atoms with van der Waals surface area (Å²) in [6.07, 6.45) is 17.7. The van der Waals surface area contributed by atoms with Gasteiger partial charge in [0, 0.05) is 107 Å². The third-order valence-corrected chi connectivity index (χ3v) is 16.5. The molecule has 0 fully saturated rings. The summed E-state index contributed by atoms with van der Waals surface area (Å²) in [6, 6.07) is 33.9. The Morgan fingerprint density at radius 1 is 0.295 bits per heavy atom. The molecule has 0 saturated heterocycles. The zero-order chi connectivity index (χ0) is 72.1. The molecular weight excluding hydrogens is 1160 g/mol. The van der Waals surface area contributed by atoms with Gasteiger partial charge in [0.25, 0.3) is 0 Å². The minimum absolute atomic E-state index is 0.560. The van der Waals surface area contributed by atoms with E-state index in [4.69, 9.17) is 4.74 Å². The van der Waals surface area contributed by atoms with E-state index in [1.165, 1.54) is 89.8 Å². The van der Waals surface area contributed by atoms with Crippen molar-refractivity contribution in [3.05, 3.63) is 236 Å². The highest BCUT2D eigenvalue weighted by atomic mass is 16.5. The number of pyridine rings is 7. The number of nitrogens with zero attached hydrogens (tertiary/aromatic N) is 7. The number of ether oxygens (including phenoxy) is 1. The lowest BCUT2D eigenvalue weighted by atomic mass is 9.94. The summed E-state index contributed by atoms with van der Waals surface area (Å²) in [7, 11) is 1.72. The molecule has 7 heterocycles. The fraction of sp³-hybridized carbons (Fsp3) is 0.529. The van der Waals surface area contributed by atoms with Crippen molar-refractivity contribution in [2.75, 3.05) is 7.11 Å². The monoisotopic (exact) mass is 1290 g/mol. The van der Waals surface area contributed by atoms with Crippen molar-refractivity contribution in [3.63, 3.8) is 0 Å². The molecule has 0 aliphatic heterocycles. The molecule has 1 aromatic carbocycles. The molecule has 0 aliphatic carbocycles. The molecule has 8 nitrogen and oxygen atoms in total. The van der Waals surface area contributed by atoms with Crippen LogP contribution in [-0.4, -0.2) is 42.0 Å². The molecule has 0 bridgehead atoms. The second-order valence-electron chi connectivity index (χ2n) is 29.9. The molecule has 0 N–H and O–H groups in total. The molecule has 4 atom stereocenters. The lowest BCUT2D eigenvalue weighted by Gasteiger charge is -2.14. The van der Waals surface area contributed by atoms with Gasteiger partial charge in [-0.15, -0.1) is 0 Å². The third kappa shape index (κ3) is 39.0. The highest BCUT2D eigenvalue weighted by Crippen LogP contribution is 2.26. The summed E-state index contributed by atoms with van der Waals surface area (Å²) in [4.78, 5) is 30.3. The molecule has 8 rings (SSSR count). The van der Waals surface area contributed by atoms with E-state index in [0.29, 0.717) is 65.1 Å². The normalized spacial score (nSPS) is 12.0. The van der Waals surface area contributed by atoms with E-state index in [1.54, 1.807) is 7.11 Å². The summed E-state index contributed by atoms with van der Waals surface area (Å²) < 4.78 is 5.22. The van der Waals surface area contributed by atoms with Crippen LogP contribution in [0, 0.1) is 110 Å². The predicted molar refractivity (Wildman–Crippen MR) is 412 cm³/mol. The number of hydrogen-bond donors (Lipinski definition) is 0. The average molecular weight is 1290 g/mol. The Bertz CT molecular complexity index is 3040. The van der Waals surface area contributed by atoms with Gasteiger partial charge in [0.1, 0.15) is 5.75 Å². The van der Waals surface area contributed by atoms with Gasteiger partial charge in [-0.2, -0.15) is 0 Å². The maximum absolute atomic E-state index is 5.22. The molecule has 522 valence electrons. The molecule has 95 heavy (non-hydrogen) atoms. The molecular formula is C87H133N7O. The van der Waals surface area contributed by atoms with Crippen LogP contribution >= 0.6 is 0 Å². The summed E-state index contributed by atoms with van der Waals surface area (Å²) in [5.41, 5.74) is 21.5. The molecule has 7 aromatic heterocycles. The van der Waals surface area contributed by atoms with Crippen molar-refractivity contribution in [1.29, 1.82) is 0 Å². The number of hydrogen-bond acceptors (Lipinski definition) is 8. The Morgan fingerprint density at radius 2 is 0.611 bits per heavy atom. The second kappa shape index (κ2) is 46.3. The molecule has 0 radical (unpaired) electrons. The summed E-state index contributed by atoms with van der Waals surface area (Å²) >= 11 is 0. The molecule has 8 heteroatoms. The summed E-state index contributed by atoms with van der Waals surface area (Å²) in [5.74, 6) is 8.69. The summed E-state index contributed by atoms with van der Waals surface area (Å²) in [6.45, 7) is 63.4. The zero-order valence-electron chi connectivity index (χ0n) is 65.6. The van der Waals surface area contributed by atoms with Crippen LogP contribution in [0.15, 0.2) is 140 Å². The van der Waals surface area contributed by atoms with Crippen molar-refractivity contribution in [2.24, 2.45) is 47.3 Å². The third-order valence-electron chi connectivity index (χ3n) is 16.5. The fourth-order valence-electron chi connectivity index (χ4n) is 9.91. The van der Waals surface area contributed by atoms with Gasteiger partial charge in [0.05, 0.1) is 7.11 Å². The van der Waals surface area contributed by atoms with Crippen molar-refractivity contribution in [2.45, 2.75) is 250 Å². The minimum Gasteiger partial charge on any atom is -0.497 e. The Balaban J connectivity index is 0.000000543. The van der Waals surface area contributed by atoms with Crippen molar-refractivity contribution >= 4 is 0 Å². The van der Waals surface area contributed by atoms with E-state index in [2.05, 4.69) is 302 Å². The van der Waals surface area contributed by atoms with E-state index < -0.39 is 0 Å². The Hall–Kier alpha value is -6.93. The van der Waals surface area contributed by atoms with E-state index in [9.17, 15) is 0 Å². The smallest absolute Gasteiger partial charge is 0.119 e. The Kier molecular flexibility index (Phi) is 41.9. The first-order valence-corrected chi connectivity index (χ1v) is 35.6. The van der Waals surface area contributed by atoms with Gasteiger partial charge < -0.3 is 4.74 Å². The largest absolute Gasteiger partial charge is 0.497 e. The zero-order valence-corrected chi connectivity index (χ0v) is 65.6. The average Bonchev–Trinajstić information content (AvgIpc) is 1.93. The molecule has 0 aliphatic rings. The highest BCUT2D eigenvalue weighted by molar-refractivity contribution is 5.34. The topological polar surface area (TPSA) is 99.5 Å². The maximum Gasteiger partial charge on any atom is 0.119 e. The maximum atomic E-state index is 5.22. The Morgan fingerprint density at radius 3 is 0.926 bits per heavy atom. The van der Waals surface area contributed by atoms with Crippen LogP contribution in [0.25, 0.3) is 0 Å². The van der Waals surface area contributed by atoms with Crippen LogP contribution in [0.2, 0.25) is 0 Å². The molecule has 0 spiro atoms. The van der Waals surface area contributed by atoms with Crippen molar-refractivity contribution < 1.29 is 4.74 Å². The standard InChI is InChI=1S/C12H18O.5C11H17N.2C10H15N/c1-9(2)5-11-6-10(3)7-12(8-11)13-4;1-8(2)5-11-7-9(3)6-10(4)12-11;4*1-8(2)10(4)11-7-9(3)5-6-12-11;1-8(2)4-10-5-9(3)6-11-7-10;1-8(2)6-10-7-9(3)4-5-11-10/h6-9H,5H2,1-4H3;6-8H,5H2,1-4H3;4*5-8,10H,1-4H3;5-8H,4H2,1-3H3;4-5,7-8H,6H2,1-3H3/t;;2*10-;;;;/m..11..../s1. The van der Waals surface area contributed by atoms with E-state index in [0.717, 1.165) is 43.0 Å². The Labute approximate surface area is 582 Å². The SMILES string of the molecule is COc1cc(C)cc(CC(C)C)c1.Cc1cc(C)nc(CC(C)C)c1.Cc1ccnc(C(C)C(C)C)c1.Cc1ccnc(C(C)C(C)C)c1.Cc1ccnc(CC(C)C)c1.Cc1ccnc([C@H](C)C(C)C)c1.Cc1ccnc([C@H](C)C(C)C)c1.Cc1cncc(CC(C)C)c1. The van der Waals surface area contributed by atoms with Crippen LogP contribution in [0.5, 0.6) is 5.75 Å². The van der Waals surface area contributed by atoms with Crippen LogP contribution < -0.4 is 4.74 Å². The van der Waals surface area contributed by atoms with Crippen molar-refractivity contribution in [3.8, 4) is 5.75 Å². The van der Waals surface area contributed by atoms with Gasteiger partial charge in [-0.3, -0.25) is 34.9 Å². The molecule has 0 amide bonds. The van der Waals surface area contributed by atoms with Crippen LogP contribution in [0.4, 0.5) is 0 Å².